The molecular formula is C15H27NO2. The summed E-state index contributed by atoms with van der Waals surface area (Å²) < 4.78 is 11.1. The number of ether oxygens (including phenoxy) is 1. The maximum absolute atomic E-state index is 5.65. The summed E-state index contributed by atoms with van der Waals surface area (Å²) in [4.78, 5) is 0. The van der Waals surface area contributed by atoms with E-state index in [1.807, 2.05) is 6.07 Å². The minimum Gasteiger partial charge on any atom is -0.467 e. The lowest BCUT2D eigenvalue weighted by Crippen LogP contribution is -2.22. The molecule has 0 aliphatic rings. The molecule has 0 aromatic carbocycles. The third-order valence-corrected chi connectivity index (χ3v) is 2.91. The van der Waals surface area contributed by atoms with E-state index < -0.39 is 0 Å². The standard InChI is InChI=1S/C15H27NO2/c1-4-5-6-7-9-17-12-15-14(8-10-18-15)11-16-13(2)3/h8,10,13,16H,4-7,9,11-12H2,1-3H3. The third-order valence-electron chi connectivity index (χ3n) is 2.91. The van der Waals surface area contributed by atoms with Crippen LogP contribution in [-0.2, 0) is 17.9 Å². The summed E-state index contributed by atoms with van der Waals surface area (Å²) in [5, 5.41) is 3.39. The van der Waals surface area contributed by atoms with Crippen molar-refractivity contribution in [2.45, 2.75) is 65.6 Å². The van der Waals surface area contributed by atoms with E-state index in [0.29, 0.717) is 12.6 Å². The monoisotopic (exact) mass is 253 g/mol. The minimum absolute atomic E-state index is 0.489. The van der Waals surface area contributed by atoms with Crippen LogP contribution in [0.2, 0.25) is 0 Å². The number of nitrogens with one attached hydrogen (secondary N) is 1. The molecule has 3 heteroatoms. The van der Waals surface area contributed by atoms with Crippen LogP contribution >= 0.6 is 0 Å². The lowest BCUT2D eigenvalue weighted by molar-refractivity contribution is 0.102. The summed E-state index contributed by atoms with van der Waals surface area (Å²) in [6, 6.07) is 2.51. The number of furan rings is 1. The molecule has 0 atom stereocenters. The van der Waals surface area contributed by atoms with Crippen molar-refractivity contribution in [1.82, 2.24) is 5.32 Å². The average molecular weight is 253 g/mol. The molecule has 0 saturated carbocycles. The Balaban J connectivity index is 2.19. The molecule has 0 unspecified atom stereocenters. The Hall–Kier alpha value is -0.800. The van der Waals surface area contributed by atoms with Crippen LogP contribution in [0.1, 0.15) is 57.8 Å². The molecule has 0 aliphatic heterocycles. The highest BCUT2D eigenvalue weighted by atomic mass is 16.5. The second kappa shape index (κ2) is 9.17. The van der Waals surface area contributed by atoms with Gasteiger partial charge in [0, 0.05) is 24.8 Å². The Morgan fingerprint density at radius 2 is 2.11 bits per heavy atom. The SMILES string of the molecule is CCCCCCOCc1occc1CNC(C)C. The molecule has 18 heavy (non-hydrogen) atoms. The van der Waals surface area contributed by atoms with Crippen molar-refractivity contribution in [2.75, 3.05) is 6.61 Å². The fourth-order valence-corrected chi connectivity index (χ4v) is 1.76. The van der Waals surface area contributed by atoms with Crippen LogP contribution in [0.4, 0.5) is 0 Å². The molecule has 104 valence electrons. The van der Waals surface area contributed by atoms with Gasteiger partial charge in [-0.1, -0.05) is 40.0 Å². The molecule has 1 heterocycles. The van der Waals surface area contributed by atoms with Gasteiger partial charge < -0.3 is 14.5 Å². The van der Waals surface area contributed by atoms with E-state index in [1.54, 1.807) is 6.26 Å². The Kier molecular flexibility index (Phi) is 7.78. The Labute approximate surface area is 111 Å². The highest BCUT2D eigenvalue weighted by molar-refractivity contribution is 5.16. The molecule has 0 bridgehead atoms. The summed E-state index contributed by atoms with van der Waals surface area (Å²) >= 11 is 0. The zero-order chi connectivity index (χ0) is 13.2. The lowest BCUT2D eigenvalue weighted by Gasteiger charge is -2.08. The van der Waals surface area contributed by atoms with Gasteiger partial charge in [-0.2, -0.15) is 0 Å². The van der Waals surface area contributed by atoms with Gasteiger partial charge in [0.2, 0.25) is 0 Å². The van der Waals surface area contributed by atoms with Gasteiger partial charge in [-0.25, -0.2) is 0 Å². The number of hydrogen-bond donors (Lipinski definition) is 1. The Morgan fingerprint density at radius 1 is 1.28 bits per heavy atom. The van der Waals surface area contributed by atoms with Crippen LogP contribution in [0.25, 0.3) is 0 Å². The predicted molar refractivity (Wildman–Crippen MR) is 74.5 cm³/mol. The number of unbranched alkanes of at least 4 members (excludes halogenated alkanes) is 3. The summed E-state index contributed by atoms with van der Waals surface area (Å²) in [7, 11) is 0. The van der Waals surface area contributed by atoms with Crippen molar-refractivity contribution < 1.29 is 9.15 Å². The molecular weight excluding hydrogens is 226 g/mol. The molecule has 0 spiro atoms. The lowest BCUT2D eigenvalue weighted by atomic mass is 10.2. The molecule has 1 N–H and O–H groups in total. The van der Waals surface area contributed by atoms with E-state index >= 15 is 0 Å². The fraction of sp³-hybridized carbons (Fsp3) is 0.733. The van der Waals surface area contributed by atoms with Crippen molar-refractivity contribution in [3.8, 4) is 0 Å². The first-order chi connectivity index (χ1) is 8.74. The molecule has 1 aromatic heterocycles. The third kappa shape index (κ3) is 6.22. The first-order valence-electron chi connectivity index (χ1n) is 7.10. The Morgan fingerprint density at radius 3 is 2.83 bits per heavy atom. The molecule has 0 fully saturated rings. The second-order valence-corrected chi connectivity index (χ2v) is 5.02. The molecule has 0 aliphatic carbocycles. The normalized spacial score (nSPS) is 11.3. The van der Waals surface area contributed by atoms with E-state index in [1.165, 1.54) is 24.8 Å². The molecule has 3 nitrogen and oxygen atoms in total. The highest BCUT2D eigenvalue weighted by Gasteiger charge is 2.06. The fourth-order valence-electron chi connectivity index (χ4n) is 1.76. The van der Waals surface area contributed by atoms with Crippen LogP contribution in [0.15, 0.2) is 16.7 Å². The summed E-state index contributed by atoms with van der Waals surface area (Å²) in [5.41, 5.74) is 1.21. The van der Waals surface area contributed by atoms with Crippen LogP contribution in [0, 0.1) is 0 Å². The maximum atomic E-state index is 5.65. The van der Waals surface area contributed by atoms with Gasteiger partial charge in [-0.15, -0.1) is 0 Å². The predicted octanol–water partition coefficient (Wildman–Crippen LogP) is 3.87. The number of hydrogen-bond acceptors (Lipinski definition) is 3. The zero-order valence-electron chi connectivity index (χ0n) is 12.0. The van der Waals surface area contributed by atoms with Crippen molar-refractivity contribution >= 4 is 0 Å². The van der Waals surface area contributed by atoms with Crippen molar-refractivity contribution in [3.63, 3.8) is 0 Å². The molecule has 0 radical (unpaired) electrons. The van der Waals surface area contributed by atoms with Gasteiger partial charge >= 0.3 is 0 Å². The highest BCUT2D eigenvalue weighted by Crippen LogP contribution is 2.12. The van der Waals surface area contributed by atoms with E-state index in [4.69, 9.17) is 9.15 Å². The quantitative estimate of drug-likeness (QED) is 0.643. The molecule has 0 amide bonds. The first-order valence-corrected chi connectivity index (χ1v) is 7.10. The summed E-state index contributed by atoms with van der Waals surface area (Å²) in [5.74, 6) is 0.957. The minimum atomic E-state index is 0.489. The Bertz CT molecular complexity index is 307. The zero-order valence-corrected chi connectivity index (χ0v) is 12.0. The van der Waals surface area contributed by atoms with E-state index in [-0.39, 0.29) is 0 Å². The first kappa shape index (κ1) is 15.3. The topological polar surface area (TPSA) is 34.4 Å². The molecule has 1 rings (SSSR count). The van der Waals surface area contributed by atoms with Crippen molar-refractivity contribution in [1.29, 1.82) is 0 Å². The van der Waals surface area contributed by atoms with Crippen molar-refractivity contribution in [2.24, 2.45) is 0 Å². The van der Waals surface area contributed by atoms with E-state index in [9.17, 15) is 0 Å². The summed E-state index contributed by atoms with van der Waals surface area (Å²) in [6.45, 7) is 8.78. The maximum Gasteiger partial charge on any atom is 0.133 e. The smallest absolute Gasteiger partial charge is 0.133 e. The van der Waals surface area contributed by atoms with Crippen LogP contribution in [0.3, 0.4) is 0 Å². The van der Waals surface area contributed by atoms with Gasteiger partial charge in [0.15, 0.2) is 0 Å². The van der Waals surface area contributed by atoms with Crippen molar-refractivity contribution in [3.05, 3.63) is 23.7 Å². The largest absolute Gasteiger partial charge is 0.467 e. The molecule has 0 saturated heterocycles. The number of rotatable bonds is 10. The van der Waals surface area contributed by atoms with E-state index in [2.05, 4.69) is 26.1 Å². The van der Waals surface area contributed by atoms with Gasteiger partial charge in [-0.05, 0) is 12.5 Å². The van der Waals surface area contributed by atoms with Crippen LogP contribution in [-0.4, -0.2) is 12.6 Å². The van der Waals surface area contributed by atoms with Crippen LogP contribution < -0.4 is 5.32 Å². The van der Waals surface area contributed by atoms with Gasteiger partial charge in [0.1, 0.15) is 12.4 Å². The van der Waals surface area contributed by atoms with Gasteiger partial charge in [0.05, 0.1) is 6.26 Å². The van der Waals surface area contributed by atoms with Gasteiger partial charge in [-0.3, -0.25) is 0 Å². The molecule has 1 aromatic rings. The average Bonchev–Trinajstić information content (AvgIpc) is 2.78. The van der Waals surface area contributed by atoms with E-state index in [0.717, 1.165) is 25.3 Å². The van der Waals surface area contributed by atoms with Crippen LogP contribution in [0.5, 0.6) is 0 Å². The van der Waals surface area contributed by atoms with Gasteiger partial charge in [0.25, 0.3) is 0 Å². The summed E-state index contributed by atoms with van der Waals surface area (Å²) in [6.07, 6.45) is 6.72. The second-order valence-electron chi connectivity index (χ2n) is 5.02.